The molecule has 3 amide bonds. The minimum Gasteiger partial charge on any atom is -0.467 e. The van der Waals surface area contributed by atoms with Gasteiger partial charge in [-0.25, -0.2) is 0 Å². The highest BCUT2D eigenvalue weighted by Gasteiger charge is 2.26. The predicted molar refractivity (Wildman–Crippen MR) is 414 cm³/mol. The molecular weight excluding hydrogens is 1350 g/mol. The average molecular weight is 1410 g/mol. The van der Waals surface area contributed by atoms with E-state index in [1.54, 1.807) is 23.7 Å². The fourth-order valence-electron chi connectivity index (χ4n) is 12.5. The Morgan fingerprint density at radius 3 is 1.40 bits per heavy atom. The van der Waals surface area contributed by atoms with Crippen LogP contribution in [0.3, 0.4) is 0 Å². The van der Waals surface area contributed by atoms with Crippen molar-refractivity contribution in [2.75, 3.05) is 6.61 Å². The normalized spacial score (nSPS) is 12.3. The van der Waals surface area contributed by atoms with Crippen molar-refractivity contribution in [3.05, 3.63) is 274 Å². The number of H-pyrrole nitrogens is 3. The summed E-state index contributed by atoms with van der Waals surface area (Å²) in [6.45, 7) is 0.781. The van der Waals surface area contributed by atoms with Crippen LogP contribution in [0.25, 0.3) is 129 Å². The number of hydrogen-bond donors (Lipinski definition) is 8. The molecule has 17 nitrogen and oxygen atoms in total. The lowest BCUT2D eigenvalue weighted by Gasteiger charge is -2.16. The molecule has 9 aromatic heterocycles. The summed E-state index contributed by atoms with van der Waals surface area (Å²) >= 11 is 5.87. The van der Waals surface area contributed by atoms with Crippen LogP contribution < -0.4 is 21.7 Å². The minimum absolute atomic E-state index is 0.0185. The summed E-state index contributed by atoms with van der Waals surface area (Å²) in [5.74, 6) is 0.399. The first-order valence-corrected chi connectivity index (χ1v) is 36.5. The van der Waals surface area contributed by atoms with E-state index in [1.165, 1.54) is 86.8 Å². The number of nitrogens with two attached hydrogens (primary N) is 1. The highest BCUT2D eigenvalue weighted by Crippen LogP contribution is 2.39. The van der Waals surface area contributed by atoms with Gasteiger partial charge < -0.3 is 31.2 Å². The van der Waals surface area contributed by atoms with Crippen LogP contribution >= 0.6 is 45.3 Å². The number of amides is 3. The molecule has 1 fully saturated rings. The van der Waals surface area contributed by atoms with Gasteiger partial charge in [-0.2, -0.15) is 20.4 Å². The standard InChI is InChI=1S/C24H19N3O2S.C21H15N3O2S.C19H15N3OS.C17H15N3S/c28-14-20(16-7-2-1-3-8-16)25-23(29)21-13-19-22(26-27-24(19)30-21)18-11-10-15-6-4-5-9-17(15)12-18;25-20(22-12-16-6-3-9-26-16)18-11-17-19(23-24-21(17)27-18)15-8-7-13-4-1-2-5-14(13)10-15;23-18(20-14-7-8-14)16-10-15-17(21-22-19(15)24-16)13-6-5-11-3-1-2-4-12(11)9-13;1-20-17-15(9-14(10-18)21-17)16(19-20)13-7-6-11-4-2-3-5-12(11)8-13/h1-13,20,28H,14H2,(H,25,29)(H,26,27);1-11H,12H2,(H,22,25)(H,23,24);1-6,9-10,14H,7-8H2,(H,20,23)(H,21,22);2-9H,10,18H2,1H3. The number of benzene rings is 9. The molecule has 9 N–H and O–H groups in total. The molecule has 0 spiro atoms. The topological polar surface area (TPSA) is 251 Å². The van der Waals surface area contributed by atoms with E-state index in [4.69, 9.17) is 10.2 Å². The van der Waals surface area contributed by atoms with Crippen LogP contribution in [0.4, 0.5) is 0 Å². The molecule has 9 aromatic carbocycles. The maximum atomic E-state index is 12.8. The molecule has 0 saturated heterocycles. The van der Waals surface area contributed by atoms with Gasteiger partial charge in [-0.1, -0.05) is 176 Å². The molecule has 102 heavy (non-hydrogen) atoms. The number of rotatable bonds is 14. The highest BCUT2D eigenvalue weighted by molar-refractivity contribution is 7.21. The first-order chi connectivity index (χ1) is 50.0. The second kappa shape index (κ2) is 28.5. The monoisotopic (exact) mass is 1410 g/mol. The third-order valence-electron chi connectivity index (χ3n) is 17.9. The maximum Gasteiger partial charge on any atom is 0.262 e. The van der Waals surface area contributed by atoms with Crippen LogP contribution in [0.1, 0.15) is 64.1 Å². The number of nitrogens with one attached hydrogen (secondary N) is 6. The van der Waals surface area contributed by atoms with Gasteiger partial charge in [0.1, 0.15) is 30.8 Å². The third kappa shape index (κ3) is 13.6. The first-order valence-electron chi connectivity index (χ1n) is 33.2. The second-order valence-electron chi connectivity index (χ2n) is 24.8. The minimum atomic E-state index is -0.449. The molecule has 1 saturated carbocycles. The summed E-state index contributed by atoms with van der Waals surface area (Å²) < 4.78 is 7.20. The molecule has 19 rings (SSSR count). The van der Waals surface area contributed by atoms with Crippen molar-refractivity contribution in [3.63, 3.8) is 0 Å². The predicted octanol–water partition coefficient (Wildman–Crippen LogP) is 18.1. The number of carbonyl (C=O) groups is 3. The number of nitrogens with zero attached hydrogens (tertiary/aromatic N) is 5. The Hall–Kier alpha value is -11.7. The molecule has 0 radical (unpaired) electrons. The Kier molecular flexibility index (Phi) is 18.2. The molecule has 0 aliphatic heterocycles. The molecule has 502 valence electrons. The van der Waals surface area contributed by atoms with Gasteiger partial charge in [-0.3, -0.25) is 34.4 Å². The first kappa shape index (κ1) is 65.0. The largest absolute Gasteiger partial charge is 0.467 e. The van der Waals surface area contributed by atoms with Crippen molar-refractivity contribution in [1.29, 1.82) is 0 Å². The maximum absolute atomic E-state index is 12.8. The van der Waals surface area contributed by atoms with Gasteiger partial charge >= 0.3 is 0 Å². The molecule has 1 aliphatic carbocycles. The van der Waals surface area contributed by atoms with Gasteiger partial charge in [0.2, 0.25) is 0 Å². The molecule has 0 bridgehead atoms. The Balaban J connectivity index is 0.000000106. The van der Waals surface area contributed by atoms with Crippen molar-refractivity contribution in [1.82, 2.24) is 56.3 Å². The second-order valence-corrected chi connectivity index (χ2v) is 29.0. The number of carbonyl (C=O) groups excluding carboxylic acids is 3. The molecule has 9 heterocycles. The number of aryl methyl sites for hydroxylation is 1. The molecular formula is C81H64N12O5S4. The number of furan rings is 1. The fourth-order valence-corrected chi connectivity index (χ4v) is 16.2. The van der Waals surface area contributed by atoms with Crippen LogP contribution in [-0.4, -0.2) is 75.8 Å². The quantitative estimate of drug-likeness (QED) is 0.0511. The van der Waals surface area contributed by atoms with Gasteiger partial charge in [-0.05, 0) is 122 Å². The fraction of sp³-hybridized carbons (Fsp3) is 0.0988. The van der Waals surface area contributed by atoms with Crippen molar-refractivity contribution < 1.29 is 23.9 Å². The van der Waals surface area contributed by atoms with Crippen LogP contribution in [-0.2, 0) is 20.1 Å². The number of thiophene rings is 4. The lowest BCUT2D eigenvalue weighted by atomic mass is 10.0. The van der Waals surface area contributed by atoms with Crippen molar-refractivity contribution >= 4 is 147 Å². The van der Waals surface area contributed by atoms with E-state index >= 15 is 0 Å². The van der Waals surface area contributed by atoms with Crippen molar-refractivity contribution in [2.45, 2.75) is 38.0 Å². The number of aliphatic hydroxyl groups excluding tert-OH is 1. The lowest BCUT2D eigenvalue weighted by Crippen LogP contribution is -2.30. The lowest BCUT2D eigenvalue weighted by molar-refractivity contribution is 0.0917. The van der Waals surface area contributed by atoms with E-state index in [1.807, 2.05) is 103 Å². The molecule has 1 unspecified atom stereocenters. The zero-order chi connectivity index (χ0) is 69.2. The van der Waals surface area contributed by atoms with Gasteiger partial charge in [0.05, 0.1) is 57.2 Å². The number of fused-ring (bicyclic) bond motifs is 8. The van der Waals surface area contributed by atoms with Crippen LogP contribution in [0.15, 0.2) is 247 Å². The Morgan fingerprint density at radius 1 is 0.510 bits per heavy atom. The summed E-state index contributed by atoms with van der Waals surface area (Å²) in [5.41, 5.74) is 14.8. The Morgan fingerprint density at radius 2 is 0.951 bits per heavy atom. The van der Waals surface area contributed by atoms with Gasteiger partial charge in [0.15, 0.2) is 0 Å². The smallest absolute Gasteiger partial charge is 0.262 e. The van der Waals surface area contributed by atoms with E-state index in [-0.39, 0.29) is 24.3 Å². The molecule has 18 aromatic rings. The Bertz CT molecular complexity index is 6090. The molecule has 1 atom stereocenters. The number of hydrogen-bond acceptors (Lipinski definition) is 14. The van der Waals surface area contributed by atoms with E-state index in [2.05, 4.69) is 191 Å². The third-order valence-corrected chi connectivity index (χ3v) is 22.2. The van der Waals surface area contributed by atoms with E-state index in [9.17, 15) is 19.5 Å². The SMILES string of the molecule is Cn1nc(-c2ccc3ccccc3c2)c2cc(CN)sc21.O=C(NC(CO)c1ccccc1)c1cc2c(-c3ccc4ccccc4c3)[nH]nc2s1.O=C(NC1CC1)c1cc2c(-c3ccc4ccccc4c3)[nH]nc2s1.O=C(NCc1ccco1)c1cc2c(-c3ccc4ccccc4c3)[nH]nc2s1. The van der Waals surface area contributed by atoms with Crippen LogP contribution in [0.2, 0.25) is 0 Å². The number of aromatic nitrogens is 8. The van der Waals surface area contributed by atoms with E-state index in [0.29, 0.717) is 28.9 Å². The van der Waals surface area contributed by atoms with Gasteiger partial charge in [0, 0.05) is 68.3 Å². The van der Waals surface area contributed by atoms with Crippen molar-refractivity contribution in [3.8, 4) is 45.0 Å². The summed E-state index contributed by atoms with van der Waals surface area (Å²) in [6.07, 6.45) is 3.78. The molecule has 21 heteroatoms. The van der Waals surface area contributed by atoms with Crippen LogP contribution in [0.5, 0.6) is 0 Å². The highest BCUT2D eigenvalue weighted by atomic mass is 32.1. The van der Waals surface area contributed by atoms with E-state index in [0.717, 1.165) is 110 Å². The zero-order valence-corrected chi connectivity index (χ0v) is 58.1. The summed E-state index contributed by atoms with van der Waals surface area (Å²) in [4.78, 5) is 44.3. The van der Waals surface area contributed by atoms with Gasteiger partial charge in [-0.15, -0.1) is 45.3 Å². The summed E-state index contributed by atoms with van der Waals surface area (Å²) in [6, 6.07) is 79.5. The average Bonchev–Trinajstić information content (AvgIpc) is 1.63. The van der Waals surface area contributed by atoms with E-state index < -0.39 is 6.04 Å². The summed E-state index contributed by atoms with van der Waals surface area (Å²) in [7, 11) is 1.99. The number of aromatic amines is 3. The summed E-state index contributed by atoms with van der Waals surface area (Å²) in [5, 5.41) is 59.4. The molecule has 1 aliphatic rings. The van der Waals surface area contributed by atoms with Crippen LogP contribution in [0, 0.1) is 0 Å². The zero-order valence-electron chi connectivity index (χ0n) is 54.8. The number of aliphatic hydroxyl groups is 1. The van der Waals surface area contributed by atoms with Crippen molar-refractivity contribution in [2.24, 2.45) is 12.8 Å². The van der Waals surface area contributed by atoms with Gasteiger partial charge in [0.25, 0.3) is 17.7 Å². The Labute approximate surface area is 599 Å².